The van der Waals surface area contributed by atoms with Crippen molar-refractivity contribution in [1.82, 2.24) is 9.88 Å². The molecule has 3 N–H and O–H groups in total. The van der Waals surface area contributed by atoms with Crippen molar-refractivity contribution in [2.45, 2.75) is 19.4 Å². The molecule has 1 amide bonds. The van der Waals surface area contributed by atoms with Crippen LogP contribution in [0, 0.1) is 5.92 Å². The predicted molar refractivity (Wildman–Crippen MR) is 81.1 cm³/mol. The van der Waals surface area contributed by atoms with E-state index in [1.54, 1.807) is 6.07 Å². The van der Waals surface area contributed by atoms with Crippen LogP contribution in [0.4, 0.5) is 5.82 Å². The van der Waals surface area contributed by atoms with Gasteiger partial charge in [-0.25, -0.2) is 4.98 Å². The van der Waals surface area contributed by atoms with E-state index < -0.39 is 0 Å². The van der Waals surface area contributed by atoms with Crippen molar-refractivity contribution in [1.29, 1.82) is 0 Å². The molecular formula is C13H18Cl2N4O. The molecule has 2 heterocycles. The van der Waals surface area contributed by atoms with Crippen LogP contribution in [0.25, 0.3) is 0 Å². The second-order valence-electron chi connectivity index (χ2n) is 5.33. The molecule has 0 spiro atoms. The third kappa shape index (κ3) is 4.31. The highest BCUT2D eigenvalue weighted by atomic mass is 35.5. The molecule has 0 radical (unpaired) electrons. The van der Waals surface area contributed by atoms with Gasteiger partial charge in [0, 0.05) is 25.3 Å². The minimum Gasteiger partial charge on any atom is -0.327 e. The zero-order valence-electron chi connectivity index (χ0n) is 11.3. The lowest BCUT2D eigenvalue weighted by molar-refractivity contribution is -0.117. The lowest BCUT2D eigenvalue weighted by Gasteiger charge is -2.34. The van der Waals surface area contributed by atoms with Gasteiger partial charge in [-0.15, -0.1) is 0 Å². The Morgan fingerprint density at radius 3 is 2.95 bits per heavy atom. The maximum absolute atomic E-state index is 12.0. The van der Waals surface area contributed by atoms with E-state index in [1.807, 2.05) is 0 Å². The second-order valence-corrected chi connectivity index (χ2v) is 6.17. The number of amides is 1. The number of hydrogen-bond acceptors (Lipinski definition) is 4. The first kappa shape index (κ1) is 15.5. The SMILES string of the molecule is CC1CC(N)CN(CC(=O)Nc2ncc(Cl)cc2Cl)C1. The van der Waals surface area contributed by atoms with Gasteiger partial charge in [-0.05, 0) is 18.4 Å². The van der Waals surface area contributed by atoms with E-state index in [9.17, 15) is 4.79 Å². The Labute approximate surface area is 128 Å². The van der Waals surface area contributed by atoms with Gasteiger partial charge in [0.1, 0.15) is 0 Å². The van der Waals surface area contributed by atoms with Crippen LogP contribution in [-0.4, -0.2) is 41.5 Å². The highest BCUT2D eigenvalue weighted by Crippen LogP contribution is 2.22. The number of nitrogens with zero attached hydrogens (tertiary/aromatic N) is 2. The largest absolute Gasteiger partial charge is 0.327 e. The van der Waals surface area contributed by atoms with Gasteiger partial charge < -0.3 is 11.1 Å². The Balaban J connectivity index is 1.92. The first-order valence-corrected chi connectivity index (χ1v) is 7.28. The zero-order chi connectivity index (χ0) is 14.7. The summed E-state index contributed by atoms with van der Waals surface area (Å²) in [6, 6.07) is 1.67. The Morgan fingerprint density at radius 1 is 1.55 bits per heavy atom. The molecule has 2 atom stereocenters. The Hall–Kier alpha value is -0.880. The maximum Gasteiger partial charge on any atom is 0.239 e. The topological polar surface area (TPSA) is 71.2 Å². The average molecular weight is 317 g/mol. The molecular weight excluding hydrogens is 299 g/mol. The van der Waals surface area contributed by atoms with Gasteiger partial charge in [0.05, 0.1) is 16.6 Å². The van der Waals surface area contributed by atoms with Crippen LogP contribution in [0.3, 0.4) is 0 Å². The van der Waals surface area contributed by atoms with Gasteiger partial charge in [0.15, 0.2) is 5.82 Å². The number of hydrogen-bond donors (Lipinski definition) is 2. The van der Waals surface area contributed by atoms with Crippen LogP contribution in [0.1, 0.15) is 13.3 Å². The number of rotatable bonds is 3. The van der Waals surface area contributed by atoms with Gasteiger partial charge in [0.25, 0.3) is 0 Å². The normalized spacial score (nSPS) is 23.6. The summed E-state index contributed by atoms with van der Waals surface area (Å²) in [5.41, 5.74) is 5.96. The molecule has 7 heteroatoms. The molecule has 20 heavy (non-hydrogen) atoms. The lowest BCUT2D eigenvalue weighted by Crippen LogP contribution is -2.48. The van der Waals surface area contributed by atoms with Crippen LogP contribution in [0.5, 0.6) is 0 Å². The summed E-state index contributed by atoms with van der Waals surface area (Å²) in [7, 11) is 0. The van der Waals surface area contributed by atoms with Gasteiger partial charge in [0.2, 0.25) is 5.91 Å². The minimum atomic E-state index is -0.150. The summed E-state index contributed by atoms with van der Waals surface area (Å²) in [6.07, 6.45) is 2.45. The summed E-state index contributed by atoms with van der Waals surface area (Å²) >= 11 is 11.7. The number of aromatic nitrogens is 1. The van der Waals surface area contributed by atoms with Crippen molar-refractivity contribution in [2.75, 3.05) is 25.0 Å². The standard InChI is InChI=1S/C13H18Cl2N4O/c1-8-2-10(16)6-19(5-8)7-12(20)18-13-11(15)3-9(14)4-17-13/h3-4,8,10H,2,5-7,16H2,1H3,(H,17,18,20). The number of likely N-dealkylation sites (tertiary alicyclic amines) is 1. The second kappa shape index (κ2) is 6.72. The molecule has 1 aromatic heterocycles. The number of nitrogens with two attached hydrogens (primary N) is 1. The summed E-state index contributed by atoms with van der Waals surface area (Å²) in [6.45, 7) is 4.04. The lowest BCUT2D eigenvalue weighted by atomic mass is 9.97. The average Bonchev–Trinajstić information content (AvgIpc) is 2.31. The predicted octanol–water partition coefficient (Wildman–Crippen LogP) is 2.00. The monoisotopic (exact) mass is 316 g/mol. The zero-order valence-corrected chi connectivity index (χ0v) is 12.8. The van der Waals surface area contributed by atoms with Crippen molar-refractivity contribution in [3.63, 3.8) is 0 Å². The molecule has 0 bridgehead atoms. The van der Waals surface area contributed by atoms with Gasteiger partial charge in [-0.3, -0.25) is 9.69 Å². The van der Waals surface area contributed by atoms with E-state index in [-0.39, 0.29) is 11.9 Å². The quantitative estimate of drug-likeness (QED) is 0.894. The Kier molecular flexibility index (Phi) is 5.21. The van der Waals surface area contributed by atoms with E-state index >= 15 is 0 Å². The summed E-state index contributed by atoms with van der Waals surface area (Å²) < 4.78 is 0. The molecule has 5 nitrogen and oxygen atoms in total. The summed E-state index contributed by atoms with van der Waals surface area (Å²) in [5.74, 6) is 0.683. The first-order chi connectivity index (χ1) is 9.44. The number of pyridine rings is 1. The fourth-order valence-electron chi connectivity index (χ4n) is 2.52. The highest BCUT2D eigenvalue weighted by molar-refractivity contribution is 6.36. The van der Waals surface area contributed by atoms with Crippen LogP contribution >= 0.6 is 23.2 Å². The van der Waals surface area contributed by atoms with Crippen LogP contribution in [0.2, 0.25) is 10.0 Å². The van der Waals surface area contributed by atoms with Gasteiger partial charge in [-0.1, -0.05) is 30.1 Å². The van der Waals surface area contributed by atoms with E-state index in [1.165, 1.54) is 6.20 Å². The molecule has 1 aromatic rings. The fraction of sp³-hybridized carbons (Fsp3) is 0.538. The molecule has 110 valence electrons. The molecule has 1 saturated heterocycles. The van der Waals surface area contributed by atoms with Gasteiger partial charge >= 0.3 is 0 Å². The number of nitrogens with one attached hydrogen (secondary N) is 1. The Bertz CT molecular complexity index is 487. The van der Waals surface area contributed by atoms with E-state index in [4.69, 9.17) is 28.9 Å². The molecule has 2 unspecified atom stereocenters. The third-order valence-corrected chi connectivity index (χ3v) is 3.70. The molecule has 1 aliphatic heterocycles. The molecule has 0 saturated carbocycles. The third-order valence-electron chi connectivity index (χ3n) is 3.20. The maximum atomic E-state index is 12.0. The fourth-order valence-corrected chi connectivity index (χ4v) is 2.95. The molecule has 1 aliphatic rings. The first-order valence-electron chi connectivity index (χ1n) is 6.53. The number of carbonyl (C=O) groups excluding carboxylic acids is 1. The number of carbonyl (C=O) groups is 1. The number of anilines is 1. The Morgan fingerprint density at radius 2 is 2.30 bits per heavy atom. The smallest absolute Gasteiger partial charge is 0.239 e. The molecule has 1 fully saturated rings. The summed E-state index contributed by atoms with van der Waals surface area (Å²) in [4.78, 5) is 18.1. The molecule has 0 aromatic carbocycles. The molecule has 0 aliphatic carbocycles. The van der Waals surface area contributed by atoms with Crippen molar-refractivity contribution >= 4 is 34.9 Å². The summed E-state index contributed by atoms with van der Waals surface area (Å²) in [5, 5.41) is 3.45. The number of piperidine rings is 1. The number of halogens is 2. The van der Waals surface area contributed by atoms with Crippen molar-refractivity contribution in [3.05, 3.63) is 22.3 Å². The van der Waals surface area contributed by atoms with Crippen molar-refractivity contribution < 1.29 is 4.79 Å². The van der Waals surface area contributed by atoms with Crippen LogP contribution in [-0.2, 0) is 4.79 Å². The molecule has 2 rings (SSSR count). The van der Waals surface area contributed by atoms with Gasteiger partial charge in [-0.2, -0.15) is 0 Å². The van der Waals surface area contributed by atoms with E-state index in [0.717, 1.165) is 19.5 Å². The van der Waals surface area contributed by atoms with E-state index in [0.29, 0.717) is 28.3 Å². The van der Waals surface area contributed by atoms with E-state index in [2.05, 4.69) is 22.1 Å². The van der Waals surface area contributed by atoms with Crippen molar-refractivity contribution in [3.8, 4) is 0 Å². The minimum absolute atomic E-state index is 0.129. The van der Waals surface area contributed by atoms with Crippen LogP contribution in [0.15, 0.2) is 12.3 Å². The van der Waals surface area contributed by atoms with Crippen LogP contribution < -0.4 is 11.1 Å². The van der Waals surface area contributed by atoms with Crippen molar-refractivity contribution in [2.24, 2.45) is 11.7 Å². The highest BCUT2D eigenvalue weighted by Gasteiger charge is 2.23.